The molecule has 6 atom stereocenters. The average Bonchev–Trinajstić information content (AvgIpc) is 3.48. The van der Waals surface area contributed by atoms with E-state index in [-0.39, 0.29) is 17.9 Å². The molecule has 0 aliphatic carbocycles. The number of primary amides is 1. The molecule has 46 heavy (non-hydrogen) atoms. The summed E-state index contributed by atoms with van der Waals surface area (Å²) in [6.45, 7) is 5.70. The molecule has 1 heterocycles. The molecule has 256 valence electrons. The van der Waals surface area contributed by atoms with Gasteiger partial charge >= 0.3 is 5.97 Å². The van der Waals surface area contributed by atoms with Crippen molar-refractivity contribution in [2.45, 2.75) is 76.8 Å². The highest BCUT2D eigenvalue weighted by molar-refractivity contribution is 7.80. The molecule has 1 aromatic rings. The predicted octanol–water partition coefficient (Wildman–Crippen LogP) is -3.62. The van der Waals surface area contributed by atoms with Crippen LogP contribution in [0.15, 0.2) is 12.5 Å². The van der Waals surface area contributed by atoms with E-state index in [1.54, 1.807) is 13.8 Å². The molecule has 18 nitrogen and oxygen atoms in total. The summed E-state index contributed by atoms with van der Waals surface area (Å²) in [6, 6.07) is -7.67. The summed E-state index contributed by atoms with van der Waals surface area (Å²) in [5, 5.41) is 23.6. The van der Waals surface area contributed by atoms with Crippen molar-refractivity contribution in [1.82, 2.24) is 41.9 Å². The van der Waals surface area contributed by atoms with Crippen LogP contribution < -0.4 is 37.6 Å². The fraction of sp³-hybridized carbons (Fsp3) is 0.577. The highest BCUT2D eigenvalue weighted by Crippen LogP contribution is 2.06. The van der Waals surface area contributed by atoms with Gasteiger partial charge in [0.2, 0.25) is 41.4 Å². The van der Waals surface area contributed by atoms with Crippen molar-refractivity contribution < 1.29 is 43.5 Å². The number of carbonyl (C=O) groups is 8. The second-order valence-corrected chi connectivity index (χ2v) is 11.3. The van der Waals surface area contributed by atoms with Gasteiger partial charge in [0.05, 0.1) is 12.7 Å². The zero-order valence-corrected chi connectivity index (χ0v) is 27.4. The number of carboxylic acid groups (broad SMARTS) is 1. The molecule has 0 saturated heterocycles. The molecule has 0 spiro atoms. The summed E-state index contributed by atoms with van der Waals surface area (Å²) in [5.74, 6) is -7.86. The second kappa shape index (κ2) is 19.2. The Morgan fingerprint density at radius 3 is 1.80 bits per heavy atom. The first-order valence-electron chi connectivity index (χ1n) is 14.0. The molecule has 0 unspecified atom stereocenters. The number of aromatic amines is 1. The Balaban J connectivity index is 3.05. The third-order valence-corrected chi connectivity index (χ3v) is 7.07. The monoisotopic (exact) mass is 687 g/mol. The van der Waals surface area contributed by atoms with Gasteiger partial charge in [-0.1, -0.05) is 13.8 Å². The van der Waals surface area contributed by atoms with Gasteiger partial charge in [-0.25, -0.2) is 4.98 Å². The SMILES string of the molecule is CC(=O)N[C@@H](CS)C(=O)N[C@@H](Cc1cnc[nH]1)C(=O)N[C@@H](C)C(=O)N[C@H](C(=O)N[C@@H](CC(=O)O)C(=O)N[C@@H](CS)C(N)=O)C(C)C. The van der Waals surface area contributed by atoms with Crippen LogP contribution in [0.3, 0.4) is 0 Å². The van der Waals surface area contributed by atoms with Gasteiger partial charge in [-0.05, 0) is 12.8 Å². The van der Waals surface area contributed by atoms with Crippen molar-refractivity contribution in [2.24, 2.45) is 11.7 Å². The maximum atomic E-state index is 13.2. The molecular formula is C26H41N9O9S2. The van der Waals surface area contributed by atoms with E-state index in [0.717, 1.165) is 0 Å². The smallest absolute Gasteiger partial charge is 0.305 e. The van der Waals surface area contributed by atoms with E-state index in [4.69, 9.17) is 5.73 Å². The van der Waals surface area contributed by atoms with Crippen LogP contribution in [0, 0.1) is 5.92 Å². The molecule has 0 fully saturated rings. The number of carbonyl (C=O) groups excluding carboxylic acids is 7. The quantitative estimate of drug-likeness (QED) is 0.0635. The molecule has 10 N–H and O–H groups in total. The van der Waals surface area contributed by atoms with Crippen LogP contribution in [-0.2, 0) is 44.8 Å². The van der Waals surface area contributed by atoms with Crippen molar-refractivity contribution in [1.29, 1.82) is 0 Å². The van der Waals surface area contributed by atoms with Gasteiger partial charge in [-0.2, -0.15) is 25.3 Å². The van der Waals surface area contributed by atoms with Crippen LogP contribution in [0.25, 0.3) is 0 Å². The van der Waals surface area contributed by atoms with Crippen molar-refractivity contribution in [3.05, 3.63) is 18.2 Å². The molecule has 20 heteroatoms. The van der Waals surface area contributed by atoms with Crippen LogP contribution in [0.2, 0.25) is 0 Å². The number of aromatic nitrogens is 2. The number of aliphatic carboxylic acids is 1. The topological polar surface area (TPSA) is 284 Å². The van der Waals surface area contributed by atoms with Gasteiger partial charge in [-0.3, -0.25) is 38.4 Å². The Hall–Kier alpha value is -4.33. The van der Waals surface area contributed by atoms with Crippen molar-refractivity contribution in [3.63, 3.8) is 0 Å². The first-order chi connectivity index (χ1) is 21.5. The number of imidazole rings is 1. The minimum atomic E-state index is -1.63. The summed E-state index contributed by atoms with van der Waals surface area (Å²) in [4.78, 5) is 106. The van der Waals surface area contributed by atoms with E-state index in [1.807, 2.05) is 0 Å². The number of hydrogen-bond acceptors (Lipinski definition) is 11. The number of amides is 7. The second-order valence-electron chi connectivity index (χ2n) is 10.5. The van der Waals surface area contributed by atoms with Gasteiger partial charge in [0.15, 0.2) is 0 Å². The molecule has 0 bridgehead atoms. The Morgan fingerprint density at radius 1 is 0.783 bits per heavy atom. The first-order valence-corrected chi connectivity index (χ1v) is 15.3. The lowest BCUT2D eigenvalue weighted by Gasteiger charge is -2.27. The maximum Gasteiger partial charge on any atom is 0.305 e. The van der Waals surface area contributed by atoms with Crippen LogP contribution in [0.5, 0.6) is 0 Å². The van der Waals surface area contributed by atoms with E-state index >= 15 is 0 Å². The molecular weight excluding hydrogens is 646 g/mol. The summed E-state index contributed by atoms with van der Waals surface area (Å²) in [6.07, 6.45) is 1.90. The molecule has 1 aromatic heterocycles. The number of carboxylic acids is 1. The molecule has 1 rings (SSSR count). The number of nitrogens with zero attached hydrogens (tertiary/aromatic N) is 1. The zero-order chi connectivity index (χ0) is 35.1. The highest BCUT2D eigenvalue weighted by Gasteiger charge is 2.33. The van der Waals surface area contributed by atoms with Crippen LogP contribution in [-0.4, -0.2) is 110 Å². The average molecular weight is 688 g/mol. The molecule has 0 saturated carbocycles. The largest absolute Gasteiger partial charge is 0.481 e. The number of rotatable bonds is 19. The van der Waals surface area contributed by atoms with Crippen LogP contribution in [0.4, 0.5) is 0 Å². The lowest BCUT2D eigenvalue weighted by atomic mass is 10.0. The number of nitrogens with one attached hydrogen (secondary N) is 7. The summed E-state index contributed by atoms with van der Waals surface area (Å²) in [7, 11) is 0. The van der Waals surface area contributed by atoms with E-state index in [1.165, 1.54) is 26.4 Å². The van der Waals surface area contributed by atoms with Gasteiger partial charge in [0.25, 0.3) is 0 Å². The number of H-pyrrole nitrogens is 1. The molecule has 0 aliphatic heterocycles. The van der Waals surface area contributed by atoms with E-state index in [9.17, 15) is 43.5 Å². The molecule has 7 amide bonds. The molecule has 0 radical (unpaired) electrons. The van der Waals surface area contributed by atoms with Crippen molar-refractivity contribution >= 4 is 72.6 Å². The summed E-state index contributed by atoms with van der Waals surface area (Å²) in [5.41, 5.74) is 5.67. The van der Waals surface area contributed by atoms with Crippen molar-refractivity contribution in [3.8, 4) is 0 Å². The Labute approximate surface area is 275 Å². The van der Waals surface area contributed by atoms with E-state index in [0.29, 0.717) is 5.69 Å². The standard InChI is InChI=1S/C26H41N9O9S2/c1-11(2)20(26(44)33-16(6-19(37)38)24(42)34-17(8-45)21(27)39)35-22(40)12(3)30-23(41)15(5-14-7-28-10-29-14)32-25(43)18(9-46)31-13(4)36/h7,10-12,15-18,20,45-46H,5-6,8-9H2,1-4H3,(H2,27,39)(H,28,29)(H,30,41)(H,31,36)(H,32,43)(H,33,44)(H,34,42)(H,35,40)(H,37,38)/t12-,15-,16-,17-,18-,20-/m0/s1. The Bertz CT molecular complexity index is 1260. The summed E-state index contributed by atoms with van der Waals surface area (Å²) >= 11 is 7.98. The first kappa shape index (κ1) is 39.7. The maximum absolute atomic E-state index is 13.2. The lowest BCUT2D eigenvalue weighted by Crippen LogP contribution is -2.60. The van der Waals surface area contributed by atoms with Crippen LogP contribution >= 0.6 is 25.3 Å². The highest BCUT2D eigenvalue weighted by atomic mass is 32.1. The fourth-order valence-electron chi connectivity index (χ4n) is 3.85. The van der Waals surface area contributed by atoms with E-state index < -0.39 is 95.9 Å². The summed E-state index contributed by atoms with van der Waals surface area (Å²) < 4.78 is 0. The lowest BCUT2D eigenvalue weighted by molar-refractivity contribution is -0.141. The Kier molecular flexibility index (Phi) is 16.6. The third kappa shape index (κ3) is 13.3. The zero-order valence-electron chi connectivity index (χ0n) is 25.7. The predicted molar refractivity (Wildman–Crippen MR) is 169 cm³/mol. The number of thiol groups is 2. The third-order valence-electron chi connectivity index (χ3n) is 6.34. The Morgan fingerprint density at radius 2 is 1.33 bits per heavy atom. The van der Waals surface area contributed by atoms with Crippen molar-refractivity contribution in [2.75, 3.05) is 11.5 Å². The molecule has 0 aliphatic rings. The number of hydrogen-bond donors (Lipinski definition) is 11. The van der Waals surface area contributed by atoms with Gasteiger partial charge < -0.3 is 47.7 Å². The van der Waals surface area contributed by atoms with E-state index in [2.05, 4.69) is 67.1 Å². The van der Waals surface area contributed by atoms with Crippen LogP contribution in [0.1, 0.15) is 39.8 Å². The van der Waals surface area contributed by atoms with Gasteiger partial charge in [0.1, 0.15) is 36.3 Å². The van der Waals surface area contributed by atoms with Gasteiger partial charge in [-0.15, -0.1) is 0 Å². The normalized spacial score (nSPS) is 14.8. The minimum Gasteiger partial charge on any atom is -0.481 e. The minimum absolute atomic E-state index is 0.0564. The fourth-order valence-corrected chi connectivity index (χ4v) is 4.38. The molecule has 0 aromatic carbocycles. The number of nitrogens with two attached hydrogens (primary N) is 1. The van der Waals surface area contributed by atoms with Gasteiger partial charge in [0, 0.05) is 36.7 Å².